The van der Waals surface area contributed by atoms with E-state index < -0.39 is 0 Å². The highest BCUT2D eigenvalue weighted by molar-refractivity contribution is 6.05. The first-order chi connectivity index (χ1) is 10.6. The molecule has 0 saturated carbocycles. The Hall–Kier alpha value is -2.92. The molecule has 0 saturated heterocycles. The molecule has 2 rings (SSSR count). The molecule has 2 aromatic rings. The van der Waals surface area contributed by atoms with E-state index in [4.69, 9.17) is 0 Å². The molecule has 0 heterocycles. The van der Waals surface area contributed by atoms with E-state index in [1.165, 1.54) is 13.0 Å². The van der Waals surface area contributed by atoms with Crippen LogP contribution in [0.4, 0.5) is 0 Å². The second-order valence-electron chi connectivity index (χ2n) is 4.86. The van der Waals surface area contributed by atoms with Crippen LogP contribution in [0.15, 0.2) is 66.7 Å². The zero-order chi connectivity index (χ0) is 15.8. The van der Waals surface area contributed by atoms with Crippen LogP contribution in [0.25, 0.3) is 5.57 Å². The molecule has 0 aliphatic rings. The maximum Gasteiger partial charge on any atom is 0.210 e. The molecule has 0 unspecified atom stereocenters. The van der Waals surface area contributed by atoms with E-state index in [1.807, 2.05) is 60.7 Å². The summed E-state index contributed by atoms with van der Waals surface area (Å²) >= 11 is 0. The molecular formula is C20H16O2. The summed E-state index contributed by atoms with van der Waals surface area (Å²) in [5.41, 5.74) is 2.36. The van der Waals surface area contributed by atoms with Crippen LogP contribution < -0.4 is 0 Å². The van der Waals surface area contributed by atoms with Crippen LogP contribution in [0.1, 0.15) is 24.5 Å². The fourth-order valence-electron chi connectivity index (χ4n) is 2.01. The molecule has 0 amide bonds. The van der Waals surface area contributed by atoms with Crippen LogP contribution >= 0.6 is 0 Å². The number of carbonyl (C=O) groups excluding carboxylic acids is 2. The predicted molar refractivity (Wildman–Crippen MR) is 88.0 cm³/mol. The summed E-state index contributed by atoms with van der Waals surface area (Å²) in [6.07, 6.45) is 1.63. The zero-order valence-electron chi connectivity index (χ0n) is 12.4. The molecule has 0 radical (unpaired) electrons. The van der Waals surface area contributed by atoms with E-state index >= 15 is 0 Å². The lowest BCUT2D eigenvalue weighted by Gasteiger charge is -2.04. The Balaban J connectivity index is 2.17. The molecule has 0 aliphatic carbocycles. The highest BCUT2D eigenvalue weighted by Crippen LogP contribution is 2.18. The lowest BCUT2D eigenvalue weighted by Crippen LogP contribution is -1.98. The number of Topliss-reactive ketones (excluding diaryl/α,β-unsaturated/α-hetero) is 1. The van der Waals surface area contributed by atoms with Crippen molar-refractivity contribution in [1.82, 2.24) is 0 Å². The average molecular weight is 288 g/mol. The topological polar surface area (TPSA) is 34.1 Å². The minimum atomic E-state index is -0.208. The molecule has 0 aliphatic heterocycles. The van der Waals surface area contributed by atoms with Crippen molar-refractivity contribution in [1.29, 1.82) is 0 Å². The normalized spacial score (nSPS) is 10.5. The number of ketones is 2. The number of hydrogen-bond acceptors (Lipinski definition) is 2. The molecule has 0 spiro atoms. The molecule has 2 nitrogen and oxygen atoms in total. The Labute approximate surface area is 130 Å². The van der Waals surface area contributed by atoms with Crippen LogP contribution in [0, 0.1) is 11.8 Å². The van der Waals surface area contributed by atoms with Gasteiger partial charge in [0.1, 0.15) is 0 Å². The lowest BCUT2D eigenvalue weighted by atomic mass is 9.99. The van der Waals surface area contributed by atoms with Crippen LogP contribution in [0.5, 0.6) is 0 Å². The molecule has 2 heteroatoms. The van der Waals surface area contributed by atoms with Gasteiger partial charge in [-0.3, -0.25) is 9.59 Å². The maximum absolute atomic E-state index is 12.1. The Morgan fingerprint density at radius 3 is 2.14 bits per heavy atom. The largest absolute Gasteiger partial charge is 0.295 e. The van der Waals surface area contributed by atoms with Crippen molar-refractivity contribution in [2.75, 3.05) is 0 Å². The SMILES string of the molecule is CC(=O)/C=C(\CC(=O)C#Cc1ccccc1)c1ccccc1. The van der Waals surface area contributed by atoms with Gasteiger partial charge in [0.25, 0.3) is 0 Å². The van der Waals surface area contributed by atoms with E-state index in [0.717, 1.165) is 11.1 Å². The monoisotopic (exact) mass is 288 g/mol. The number of benzene rings is 2. The molecule has 108 valence electrons. The molecule has 0 N–H and O–H groups in total. The third-order valence-electron chi connectivity index (χ3n) is 2.99. The number of rotatable bonds is 4. The van der Waals surface area contributed by atoms with E-state index in [2.05, 4.69) is 11.8 Å². The van der Waals surface area contributed by atoms with Crippen LogP contribution in [-0.2, 0) is 9.59 Å². The molecular weight excluding hydrogens is 272 g/mol. The van der Waals surface area contributed by atoms with Gasteiger partial charge in [-0.05, 0) is 42.2 Å². The van der Waals surface area contributed by atoms with Crippen molar-refractivity contribution in [3.05, 3.63) is 77.9 Å². The van der Waals surface area contributed by atoms with E-state index in [1.54, 1.807) is 0 Å². The van der Waals surface area contributed by atoms with Gasteiger partial charge in [-0.1, -0.05) is 54.5 Å². The van der Waals surface area contributed by atoms with Gasteiger partial charge in [0.15, 0.2) is 5.78 Å². The summed E-state index contributed by atoms with van der Waals surface area (Å²) < 4.78 is 0. The fourth-order valence-corrected chi connectivity index (χ4v) is 2.01. The van der Waals surface area contributed by atoms with E-state index in [0.29, 0.717) is 5.57 Å². The summed E-state index contributed by atoms with van der Waals surface area (Å²) in [7, 11) is 0. The van der Waals surface area contributed by atoms with Gasteiger partial charge >= 0.3 is 0 Å². The first-order valence-electron chi connectivity index (χ1n) is 7.01. The van der Waals surface area contributed by atoms with Crippen molar-refractivity contribution in [2.24, 2.45) is 0 Å². The number of allylic oxidation sites excluding steroid dienone is 2. The van der Waals surface area contributed by atoms with Crippen LogP contribution in [0.2, 0.25) is 0 Å². The van der Waals surface area contributed by atoms with Gasteiger partial charge in [0.2, 0.25) is 5.78 Å². The summed E-state index contributed by atoms with van der Waals surface area (Å²) in [6, 6.07) is 18.8. The standard InChI is InChI=1S/C20H16O2/c1-16(21)14-19(18-10-6-3-7-11-18)15-20(22)13-12-17-8-4-2-5-9-17/h2-11,14H,15H2,1H3/b19-14+. The van der Waals surface area contributed by atoms with Gasteiger partial charge in [-0.15, -0.1) is 0 Å². The fraction of sp³-hybridized carbons (Fsp3) is 0.100. The van der Waals surface area contributed by atoms with Crippen molar-refractivity contribution < 1.29 is 9.59 Å². The Kier molecular flexibility index (Phi) is 5.45. The van der Waals surface area contributed by atoms with Gasteiger partial charge < -0.3 is 0 Å². The molecule has 0 bridgehead atoms. The minimum Gasteiger partial charge on any atom is -0.295 e. The smallest absolute Gasteiger partial charge is 0.210 e. The minimum absolute atomic E-state index is 0.0809. The van der Waals surface area contributed by atoms with E-state index in [9.17, 15) is 9.59 Å². The molecule has 22 heavy (non-hydrogen) atoms. The molecule has 0 atom stereocenters. The van der Waals surface area contributed by atoms with Crippen molar-refractivity contribution in [2.45, 2.75) is 13.3 Å². The average Bonchev–Trinajstić information content (AvgIpc) is 2.54. The van der Waals surface area contributed by atoms with Crippen molar-refractivity contribution in [3.63, 3.8) is 0 Å². The quantitative estimate of drug-likeness (QED) is 0.635. The Morgan fingerprint density at radius 2 is 1.55 bits per heavy atom. The summed E-state index contributed by atoms with van der Waals surface area (Å²) in [6.45, 7) is 1.48. The maximum atomic E-state index is 12.1. The Bertz CT molecular complexity index is 745. The van der Waals surface area contributed by atoms with E-state index in [-0.39, 0.29) is 18.0 Å². The molecule has 2 aromatic carbocycles. The number of hydrogen-bond donors (Lipinski definition) is 0. The third-order valence-corrected chi connectivity index (χ3v) is 2.99. The van der Waals surface area contributed by atoms with Crippen LogP contribution in [0.3, 0.4) is 0 Å². The summed E-state index contributed by atoms with van der Waals surface area (Å²) in [4.78, 5) is 23.4. The van der Waals surface area contributed by atoms with Gasteiger partial charge in [0, 0.05) is 12.0 Å². The second-order valence-corrected chi connectivity index (χ2v) is 4.86. The van der Waals surface area contributed by atoms with Gasteiger partial charge in [-0.25, -0.2) is 0 Å². The van der Waals surface area contributed by atoms with Crippen molar-refractivity contribution in [3.8, 4) is 11.8 Å². The van der Waals surface area contributed by atoms with Crippen molar-refractivity contribution >= 4 is 17.1 Å². The molecule has 0 fully saturated rings. The molecule has 0 aromatic heterocycles. The number of carbonyl (C=O) groups is 2. The highest BCUT2D eigenvalue weighted by atomic mass is 16.1. The zero-order valence-corrected chi connectivity index (χ0v) is 12.4. The second kappa shape index (κ2) is 7.75. The lowest BCUT2D eigenvalue weighted by molar-refractivity contribution is -0.113. The Morgan fingerprint density at radius 1 is 0.955 bits per heavy atom. The first-order valence-corrected chi connectivity index (χ1v) is 7.01. The highest BCUT2D eigenvalue weighted by Gasteiger charge is 2.07. The van der Waals surface area contributed by atoms with Gasteiger partial charge in [-0.2, -0.15) is 0 Å². The third kappa shape index (κ3) is 4.88. The summed E-state index contributed by atoms with van der Waals surface area (Å²) in [5, 5.41) is 0. The van der Waals surface area contributed by atoms with Gasteiger partial charge in [0.05, 0.1) is 0 Å². The summed E-state index contributed by atoms with van der Waals surface area (Å²) in [5.74, 6) is 5.19. The van der Waals surface area contributed by atoms with Crippen LogP contribution in [-0.4, -0.2) is 11.6 Å². The first kappa shape index (κ1) is 15.5. The predicted octanol–water partition coefficient (Wildman–Crippen LogP) is 3.67.